The molecule has 0 radical (unpaired) electrons. The highest BCUT2D eigenvalue weighted by molar-refractivity contribution is 6.03. The van der Waals surface area contributed by atoms with Crippen LogP contribution in [0, 0.1) is 5.92 Å². The molecule has 0 spiro atoms. The van der Waals surface area contributed by atoms with Gasteiger partial charge in [0.15, 0.2) is 11.5 Å². The van der Waals surface area contributed by atoms with Crippen LogP contribution in [-0.2, 0) is 20.7 Å². The summed E-state index contributed by atoms with van der Waals surface area (Å²) in [7, 11) is 1.31. The summed E-state index contributed by atoms with van der Waals surface area (Å²) < 4.78 is 16.0. The van der Waals surface area contributed by atoms with Gasteiger partial charge in [-0.15, -0.1) is 0 Å². The minimum Gasteiger partial charge on any atom is -0.465 e. The number of ether oxygens (including phenoxy) is 2. The fraction of sp³-hybridized carbons (Fsp3) is 0.286. The largest absolute Gasteiger partial charge is 0.465 e. The minimum atomic E-state index is -0.505. The maximum atomic E-state index is 12.5. The first kappa shape index (κ1) is 18.2. The molecule has 2 heterocycles. The topological polar surface area (TPSA) is 90.7 Å². The molecular weight excluding hydrogens is 360 g/mol. The maximum absolute atomic E-state index is 12.5. The first-order valence-corrected chi connectivity index (χ1v) is 9.08. The normalized spacial score (nSPS) is 16.2. The Morgan fingerprint density at radius 3 is 2.79 bits per heavy atom. The molecule has 2 aromatic carbocycles. The molecular formula is C21H20N2O5. The monoisotopic (exact) mass is 380 g/mol. The van der Waals surface area contributed by atoms with Gasteiger partial charge in [0.25, 0.3) is 0 Å². The minimum absolute atomic E-state index is 0.165. The molecule has 7 nitrogen and oxygen atoms in total. The second kappa shape index (κ2) is 7.82. The number of methoxy groups -OCH3 is 1. The maximum Gasteiger partial charge on any atom is 0.338 e. The summed E-state index contributed by atoms with van der Waals surface area (Å²) in [5.74, 6) is -0.387. The van der Waals surface area contributed by atoms with Gasteiger partial charge in [0, 0.05) is 13.0 Å². The van der Waals surface area contributed by atoms with Gasteiger partial charge in [0.05, 0.1) is 30.9 Å². The number of carbonyl (C=O) groups is 2. The van der Waals surface area contributed by atoms with Crippen LogP contribution in [0.5, 0.6) is 0 Å². The standard InChI is InChI=1S/C21H20N2O5/c1-26-21(25)15-10-16-19(17(11-15)23-20(24)14-7-8-27-12-14)28-18(22-16)9-13-5-3-2-4-6-13/h2-6,10-11,14H,7-9,12H2,1H3,(H,23,24)/t14-/m0/s1. The van der Waals surface area contributed by atoms with Gasteiger partial charge in [-0.25, -0.2) is 9.78 Å². The van der Waals surface area contributed by atoms with Crippen molar-refractivity contribution in [3.63, 3.8) is 0 Å². The summed E-state index contributed by atoms with van der Waals surface area (Å²) >= 11 is 0. The van der Waals surface area contributed by atoms with Crippen molar-refractivity contribution >= 4 is 28.7 Å². The van der Waals surface area contributed by atoms with Gasteiger partial charge in [-0.3, -0.25) is 4.79 Å². The molecule has 1 N–H and O–H groups in total. The molecule has 7 heteroatoms. The molecule has 0 saturated carbocycles. The molecule has 0 aliphatic carbocycles. The van der Waals surface area contributed by atoms with E-state index in [4.69, 9.17) is 13.9 Å². The van der Waals surface area contributed by atoms with Gasteiger partial charge in [0.2, 0.25) is 5.91 Å². The predicted molar refractivity (Wildman–Crippen MR) is 102 cm³/mol. The van der Waals surface area contributed by atoms with Crippen molar-refractivity contribution in [2.75, 3.05) is 25.6 Å². The number of nitrogens with zero attached hydrogens (tertiary/aromatic N) is 1. The van der Waals surface area contributed by atoms with E-state index < -0.39 is 5.97 Å². The Morgan fingerprint density at radius 2 is 2.07 bits per heavy atom. The third-order valence-corrected chi connectivity index (χ3v) is 4.71. The van der Waals surface area contributed by atoms with Crippen LogP contribution < -0.4 is 5.32 Å². The highest BCUT2D eigenvalue weighted by atomic mass is 16.5. The zero-order valence-electron chi connectivity index (χ0n) is 15.4. The van der Waals surface area contributed by atoms with Gasteiger partial charge < -0.3 is 19.2 Å². The third-order valence-electron chi connectivity index (χ3n) is 4.71. The van der Waals surface area contributed by atoms with Crippen LogP contribution in [0.4, 0.5) is 5.69 Å². The lowest BCUT2D eigenvalue weighted by Crippen LogP contribution is -2.23. The van der Waals surface area contributed by atoms with Crippen LogP contribution in [-0.4, -0.2) is 37.2 Å². The predicted octanol–water partition coefficient (Wildman–Crippen LogP) is 3.18. The highest BCUT2D eigenvalue weighted by Gasteiger charge is 2.25. The second-order valence-electron chi connectivity index (χ2n) is 6.68. The third kappa shape index (κ3) is 3.75. The van der Waals surface area contributed by atoms with Gasteiger partial charge in [-0.05, 0) is 24.1 Å². The van der Waals surface area contributed by atoms with Crippen LogP contribution in [0.15, 0.2) is 46.9 Å². The average molecular weight is 380 g/mol. The molecule has 3 aromatic rings. The van der Waals surface area contributed by atoms with E-state index in [-0.39, 0.29) is 11.8 Å². The Hall–Kier alpha value is -3.19. The molecule has 1 aliphatic heterocycles. The number of fused-ring (bicyclic) bond motifs is 1. The molecule has 1 aliphatic rings. The van der Waals surface area contributed by atoms with E-state index in [1.807, 2.05) is 30.3 Å². The average Bonchev–Trinajstić information content (AvgIpc) is 3.38. The summed E-state index contributed by atoms with van der Waals surface area (Å²) in [6.45, 7) is 0.959. The lowest BCUT2D eigenvalue weighted by atomic mass is 10.1. The number of nitrogens with one attached hydrogen (secondary N) is 1. The van der Waals surface area contributed by atoms with Crippen molar-refractivity contribution in [2.45, 2.75) is 12.8 Å². The molecule has 0 unspecified atom stereocenters. The molecule has 1 saturated heterocycles. The summed E-state index contributed by atoms with van der Waals surface area (Å²) in [6, 6.07) is 13.0. The SMILES string of the molecule is COC(=O)c1cc(NC(=O)[C@H]2CCOC2)c2oc(Cc3ccccc3)nc2c1. The van der Waals surface area contributed by atoms with Crippen LogP contribution >= 0.6 is 0 Å². The first-order valence-electron chi connectivity index (χ1n) is 9.08. The smallest absolute Gasteiger partial charge is 0.338 e. The van der Waals surface area contributed by atoms with E-state index in [1.54, 1.807) is 12.1 Å². The van der Waals surface area contributed by atoms with E-state index in [2.05, 4.69) is 10.3 Å². The van der Waals surface area contributed by atoms with Crippen LogP contribution in [0.25, 0.3) is 11.1 Å². The molecule has 1 aromatic heterocycles. The molecule has 4 rings (SSSR count). The summed E-state index contributed by atoms with van der Waals surface area (Å²) in [6.07, 6.45) is 1.17. The number of esters is 1. The lowest BCUT2D eigenvalue weighted by molar-refractivity contribution is -0.119. The molecule has 144 valence electrons. The Bertz CT molecular complexity index is 1010. The van der Waals surface area contributed by atoms with Crippen molar-refractivity contribution in [1.29, 1.82) is 0 Å². The second-order valence-corrected chi connectivity index (χ2v) is 6.68. The van der Waals surface area contributed by atoms with E-state index in [0.717, 1.165) is 5.56 Å². The Balaban J connectivity index is 1.70. The van der Waals surface area contributed by atoms with Crippen LogP contribution in [0.1, 0.15) is 28.2 Å². The number of rotatable bonds is 5. The number of hydrogen-bond donors (Lipinski definition) is 1. The van der Waals surface area contributed by atoms with E-state index >= 15 is 0 Å². The van der Waals surface area contributed by atoms with Crippen molar-refractivity contribution in [3.8, 4) is 0 Å². The highest BCUT2D eigenvalue weighted by Crippen LogP contribution is 2.29. The zero-order chi connectivity index (χ0) is 19.5. The van der Waals surface area contributed by atoms with Gasteiger partial charge in [0.1, 0.15) is 5.52 Å². The number of oxazole rings is 1. The first-order chi connectivity index (χ1) is 13.6. The molecule has 1 fully saturated rings. The Labute approximate surface area is 161 Å². The number of anilines is 1. The van der Waals surface area contributed by atoms with E-state index in [9.17, 15) is 9.59 Å². The number of hydrogen-bond acceptors (Lipinski definition) is 6. The Kier molecular flexibility index (Phi) is 5.08. The van der Waals surface area contributed by atoms with Crippen molar-refractivity contribution in [2.24, 2.45) is 5.92 Å². The van der Waals surface area contributed by atoms with Gasteiger partial charge in [-0.1, -0.05) is 30.3 Å². The van der Waals surface area contributed by atoms with Crippen LogP contribution in [0.3, 0.4) is 0 Å². The fourth-order valence-electron chi connectivity index (χ4n) is 3.23. The number of aromatic nitrogens is 1. The fourth-order valence-corrected chi connectivity index (χ4v) is 3.23. The van der Waals surface area contributed by atoms with Crippen molar-refractivity contribution in [3.05, 3.63) is 59.5 Å². The lowest BCUT2D eigenvalue weighted by Gasteiger charge is -2.10. The Morgan fingerprint density at radius 1 is 1.25 bits per heavy atom. The van der Waals surface area contributed by atoms with Crippen molar-refractivity contribution in [1.82, 2.24) is 4.98 Å². The van der Waals surface area contributed by atoms with E-state index in [0.29, 0.717) is 54.3 Å². The molecule has 1 amide bonds. The van der Waals surface area contributed by atoms with Gasteiger partial charge in [-0.2, -0.15) is 0 Å². The number of carbonyl (C=O) groups excluding carboxylic acids is 2. The van der Waals surface area contributed by atoms with Crippen LogP contribution in [0.2, 0.25) is 0 Å². The summed E-state index contributed by atoms with van der Waals surface area (Å²) in [4.78, 5) is 29.1. The quantitative estimate of drug-likeness (QED) is 0.684. The summed E-state index contributed by atoms with van der Waals surface area (Å²) in [5, 5.41) is 2.86. The molecule has 0 bridgehead atoms. The van der Waals surface area contributed by atoms with Gasteiger partial charge >= 0.3 is 5.97 Å². The molecule has 1 atom stereocenters. The van der Waals surface area contributed by atoms with Crippen molar-refractivity contribution < 1.29 is 23.5 Å². The number of amides is 1. The number of benzene rings is 2. The van der Waals surface area contributed by atoms with E-state index in [1.165, 1.54) is 7.11 Å². The zero-order valence-corrected chi connectivity index (χ0v) is 15.4. The summed E-state index contributed by atoms with van der Waals surface area (Å²) in [5.41, 5.74) is 2.68. The molecule has 28 heavy (non-hydrogen) atoms.